The van der Waals surface area contributed by atoms with Crippen molar-refractivity contribution in [3.8, 4) is 0 Å². The van der Waals surface area contributed by atoms with Crippen molar-refractivity contribution in [2.24, 2.45) is 5.92 Å². The molecule has 0 aliphatic heterocycles. The molecular weight excluding hydrogens is 188 g/mol. The largest absolute Gasteiger partial charge is 0.386 e. The van der Waals surface area contributed by atoms with E-state index in [0.717, 1.165) is 18.1 Å². The van der Waals surface area contributed by atoms with Crippen LogP contribution in [0.2, 0.25) is 0 Å². The normalized spacial score (nSPS) is 17.7. The van der Waals surface area contributed by atoms with Crippen LogP contribution in [0.5, 0.6) is 0 Å². The molecule has 1 atom stereocenters. The average molecular weight is 206 g/mol. The standard InChI is InChI=1S/C13H18O2/c1-10-2-6-12(7-3-10)13(14)9-15-8-11-4-5-11/h2-3,6-7,11,13-14H,4-5,8-9H2,1H3. The predicted molar refractivity (Wildman–Crippen MR) is 59.7 cm³/mol. The molecule has 2 rings (SSSR count). The van der Waals surface area contributed by atoms with Gasteiger partial charge in [0.2, 0.25) is 0 Å². The highest BCUT2D eigenvalue weighted by atomic mass is 16.5. The van der Waals surface area contributed by atoms with Gasteiger partial charge < -0.3 is 9.84 Å². The Morgan fingerprint density at radius 3 is 2.60 bits per heavy atom. The molecule has 2 heteroatoms. The van der Waals surface area contributed by atoms with Gasteiger partial charge in [0, 0.05) is 6.61 Å². The zero-order valence-corrected chi connectivity index (χ0v) is 9.15. The lowest BCUT2D eigenvalue weighted by atomic mass is 10.1. The van der Waals surface area contributed by atoms with Crippen LogP contribution in [0.3, 0.4) is 0 Å². The SMILES string of the molecule is Cc1ccc(C(O)COCC2CC2)cc1. The fourth-order valence-corrected chi connectivity index (χ4v) is 1.52. The van der Waals surface area contributed by atoms with Crippen molar-refractivity contribution in [3.05, 3.63) is 35.4 Å². The summed E-state index contributed by atoms with van der Waals surface area (Å²) in [5.74, 6) is 0.759. The van der Waals surface area contributed by atoms with E-state index in [1.165, 1.54) is 18.4 Å². The van der Waals surface area contributed by atoms with Crippen molar-refractivity contribution in [1.82, 2.24) is 0 Å². The third kappa shape index (κ3) is 3.33. The maximum atomic E-state index is 9.82. The Bertz CT molecular complexity index is 301. The van der Waals surface area contributed by atoms with Crippen LogP contribution < -0.4 is 0 Å². The van der Waals surface area contributed by atoms with E-state index in [-0.39, 0.29) is 0 Å². The highest BCUT2D eigenvalue weighted by molar-refractivity contribution is 5.23. The van der Waals surface area contributed by atoms with Crippen molar-refractivity contribution >= 4 is 0 Å². The Morgan fingerprint density at radius 1 is 1.33 bits per heavy atom. The van der Waals surface area contributed by atoms with Gasteiger partial charge in [0.05, 0.1) is 6.61 Å². The number of ether oxygens (including phenoxy) is 1. The smallest absolute Gasteiger partial charge is 0.102 e. The van der Waals surface area contributed by atoms with Crippen LogP contribution in [0.15, 0.2) is 24.3 Å². The fourth-order valence-electron chi connectivity index (χ4n) is 1.52. The molecule has 0 spiro atoms. The van der Waals surface area contributed by atoms with E-state index in [0.29, 0.717) is 6.61 Å². The summed E-state index contributed by atoms with van der Waals surface area (Å²) >= 11 is 0. The van der Waals surface area contributed by atoms with E-state index in [9.17, 15) is 5.11 Å². The summed E-state index contributed by atoms with van der Waals surface area (Å²) in [6.45, 7) is 3.27. The van der Waals surface area contributed by atoms with E-state index >= 15 is 0 Å². The molecule has 1 N–H and O–H groups in total. The molecule has 0 amide bonds. The molecule has 1 unspecified atom stereocenters. The summed E-state index contributed by atoms with van der Waals surface area (Å²) < 4.78 is 5.45. The number of rotatable bonds is 5. The Hall–Kier alpha value is -0.860. The van der Waals surface area contributed by atoms with Gasteiger partial charge in [-0.1, -0.05) is 29.8 Å². The van der Waals surface area contributed by atoms with Gasteiger partial charge in [0.25, 0.3) is 0 Å². The zero-order chi connectivity index (χ0) is 10.7. The van der Waals surface area contributed by atoms with E-state index in [2.05, 4.69) is 0 Å². The van der Waals surface area contributed by atoms with Crippen LogP contribution in [0.25, 0.3) is 0 Å². The summed E-state index contributed by atoms with van der Waals surface area (Å²) in [5.41, 5.74) is 2.15. The van der Waals surface area contributed by atoms with Gasteiger partial charge in [-0.2, -0.15) is 0 Å². The highest BCUT2D eigenvalue weighted by Gasteiger charge is 2.21. The maximum Gasteiger partial charge on any atom is 0.102 e. The third-order valence-corrected chi connectivity index (χ3v) is 2.79. The maximum absolute atomic E-state index is 9.82. The molecule has 1 aliphatic rings. The molecular formula is C13H18O2. The summed E-state index contributed by atoms with van der Waals surface area (Å²) in [6.07, 6.45) is 2.10. The molecule has 0 saturated heterocycles. The molecule has 15 heavy (non-hydrogen) atoms. The summed E-state index contributed by atoms with van der Waals surface area (Å²) in [4.78, 5) is 0. The van der Waals surface area contributed by atoms with Gasteiger partial charge >= 0.3 is 0 Å². The van der Waals surface area contributed by atoms with Gasteiger partial charge in [-0.25, -0.2) is 0 Å². The minimum absolute atomic E-state index is 0.416. The summed E-state index contributed by atoms with van der Waals surface area (Å²) in [5, 5.41) is 9.82. The highest BCUT2D eigenvalue weighted by Crippen LogP contribution is 2.29. The molecule has 1 aromatic carbocycles. The first-order valence-electron chi connectivity index (χ1n) is 5.58. The lowest BCUT2D eigenvalue weighted by Gasteiger charge is -2.11. The van der Waals surface area contributed by atoms with Crippen LogP contribution in [0.4, 0.5) is 0 Å². The molecule has 1 aromatic rings. The first-order valence-corrected chi connectivity index (χ1v) is 5.58. The van der Waals surface area contributed by atoms with E-state index in [4.69, 9.17) is 4.74 Å². The second kappa shape index (κ2) is 4.77. The predicted octanol–water partition coefficient (Wildman–Crippen LogP) is 2.46. The van der Waals surface area contributed by atoms with Crippen LogP contribution in [-0.2, 0) is 4.74 Å². The van der Waals surface area contributed by atoms with Crippen LogP contribution in [-0.4, -0.2) is 18.3 Å². The van der Waals surface area contributed by atoms with Crippen molar-refractivity contribution in [2.45, 2.75) is 25.9 Å². The van der Waals surface area contributed by atoms with E-state index in [1.54, 1.807) is 0 Å². The molecule has 1 aliphatic carbocycles. The fraction of sp³-hybridized carbons (Fsp3) is 0.538. The van der Waals surface area contributed by atoms with Crippen LogP contribution >= 0.6 is 0 Å². The first-order chi connectivity index (χ1) is 7.25. The van der Waals surface area contributed by atoms with Crippen molar-refractivity contribution < 1.29 is 9.84 Å². The molecule has 0 bridgehead atoms. The van der Waals surface area contributed by atoms with E-state index in [1.807, 2.05) is 31.2 Å². The van der Waals surface area contributed by atoms with Crippen molar-refractivity contribution in [1.29, 1.82) is 0 Å². The number of hydrogen-bond donors (Lipinski definition) is 1. The number of aliphatic hydroxyl groups is 1. The van der Waals surface area contributed by atoms with Gasteiger partial charge in [0.15, 0.2) is 0 Å². The number of aliphatic hydroxyl groups excluding tert-OH is 1. The molecule has 2 nitrogen and oxygen atoms in total. The monoisotopic (exact) mass is 206 g/mol. The lowest BCUT2D eigenvalue weighted by Crippen LogP contribution is -2.08. The Morgan fingerprint density at radius 2 is 2.00 bits per heavy atom. The third-order valence-electron chi connectivity index (χ3n) is 2.79. The van der Waals surface area contributed by atoms with Crippen molar-refractivity contribution in [3.63, 3.8) is 0 Å². The second-order valence-corrected chi connectivity index (χ2v) is 4.41. The minimum atomic E-state index is -0.482. The molecule has 0 radical (unpaired) electrons. The molecule has 1 fully saturated rings. The van der Waals surface area contributed by atoms with Crippen molar-refractivity contribution in [2.75, 3.05) is 13.2 Å². The summed E-state index contributed by atoms with van der Waals surface area (Å²) in [7, 11) is 0. The molecule has 82 valence electrons. The number of hydrogen-bond acceptors (Lipinski definition) is 2. The molecule has 0 heterocycles. The Kier molecular flexibility index (Phi) is 3.39. The Balaban J connectivity index is 1.78. The van der Waals surface area contributed by atoms with Gasteiger partial charge in [-0.3, -0.25) is 0 Å². The number of aryl methyl sites for hydroxylation is 1. The van der Waals surface area contributed by atoms with Gasteiger partial charge in [0.1, 0.15) is 6.10 Å². The van der Waals surface area contributed by atoms with Crippen LogP contribution in [0, 0.1) is 12.8 Å². The lowest BCUT2D eigenvalue weighted by molar-refractivity contribution is 0.0315. The minimum Gasteiger partial charge on any atom is -0.386 e. The first kappa shape index (κ1) is 10.7. The van der Waals surface area contributed by atoms with Gasteiger partial charge in [-0.05, 0) is 31.2 Å². The molecule has 0 aromatic heterocycles. The zero-order valence-electron chi connectivity index (χ0n) is 9.15. The topological polar surface area (TPSA) is 29.5 Å². The average Bonchev–Trinajstić information content (AvgIpc) is 3.02. The number of benzene rings is 1. The second-order valence-electron chi connectivity index (χ2n) is 4.41. The van der Waals surface area contributed by atoms with Gasteiger partial charge in [-0.15, -0.1) is 0 Å². The quantitative estimate of drug-likeness (QED) is 0.802. The summed E-state index contributed by atoms with van der Waals surface area (Å²) in [6, 6.07) is 7.94. The molecule has 1 saturated carbocycles. The van der Waals surface area contributed by atoms with E-state index < -0.39 is 6.10 Å². The van der Waals surface area contributed by atoms with Crippen LogP contribution in [0.1, 0.15) is 30.1 Å². The Labute approximate surface area is 90.9 Å².